The third-order valence-electron chi connectivity index (χ3n) is 9.84. The molecule has 0 radical (unpaired) electrons. The van der Waals surface area contributed by atoms with Crippen LogP contribution in [0.5, 0.6) is 0 Å². The molecule has 9 rings (SSSR count). The van der Waals surface area contributed by atoms with Crippen LogP contribution >= 0.6 is 0 Å². The van der Waals surface area contributed by atoms with Crippen LogP contribution in [-0.4, -0.2) is 0 Å². The first-order valence-electron chi connectivity index (χ1n) is 15.2. The second kappa shape index (κ2) is 9.15. The zero-order valence-corrected chi connectivity index (χ0v) is 24.4. The molecule has 0 atom stereocenters. The van der Waals surface area contributed by atoms with E-state index >= 15 is 0 Å². The first-order chi connectivity index (χ1) is 21.2. The van der Waals surface area contributed by atoms with Gasteiger partial charge in [0.15, 0.2) is 0 Å². The monoisotopic (exact) mass is 546 g/mol. The third-order valence-corrected chi connectivity index (χ3v) is 9.84. The highest BCUT2D eigenvalue weighted by Crippen LogP contribution is 2.50. The SMILES string of the molecule is Cc1cc2c(c(-c3c(-c4cccc5c4ccc4ccccc45)ccc4cc5ccccc5cc34)c1C)Cc1ccccc1-2. The van der Waals surface area contributed by atoms with Gasteiger partial charge in [-0.3, -0.25) is 0 Å². The van der Waals surface area contributed by atoms with Gasteiger partial charge in [-0.05, 0) is 131 Å². The number of hydrogen-bond donors (Lipinski definition) is 0. The largest absolute Gasteiger partial charge is 0.0619 e. The van der Waals surface area contributed by atoms with Crippen LogP contribution in [0.25, 0.3) is 76.5 Å². The zero-order valence-electron chi connectivity index (χ0n) is 24.4. The molecule has 202 valence electrons. The highest BCUT2D eigenvalue weighted by atomic mass is 14.3. The zero-order chi connectivity index (χ0) is 28.7. The lowest BCUT2D eigenvalue weighted by molar-refractivity contribution is 1.23. The van der Waals surface area contributed by atoms with Crippen LogP contribution < -0.4 is 0 Å². The molecule has 0 heterocycles. The number of aryl methyl sites for hydroxylation is 1. The highest BCUT2D eigenvalue weighted by Gasteiger charge is 2.27. The Labute approximate surface area is 251 Å². The smallest absolute Gasteiger partial charge is 0.000717 e. The first kappa shape index (κ1) is 24.4. The molecule has 0 N–H and O–H groups in total. The predicted octanol–water partition coefficient (Wildman–Crippen LogP) is 11.8. The number of benzene rings is 8. The first-order valence-corrected chi connectivity index (χ1v) is 15.2. The Morgan fingerprint density at radius 2 is 1.09 bits per heavy atom. The Morgan fingerprint density at radius 3 is 1.98 bits per heavy atom. The van der Waals surface area contributed by atoms with Gasteiger partial charge in [0, 0.05) is 0 Å². The Balaban J connectivity index is 1.45. The van der Waals surface area contributed by atoms with E-state index in [1.807, 2.05) is 0 Å². The van der Waals surface area contributed by atoms with Crippen LogP contribution in [-0.2, 0) is 6.42 Å². The summed E-state index contributed by atoms with van der Waals surface area (Å²) in [5, 5.41) is 10.4. The lowest BCUT2D eigenvalue weighted by Gasteiger charge is -2.22. The van der Waals surface area contributed by atoms with Crippen LogP contribution in [0.4, 0.5) is 0 Å². The average molecular weight is 547 g/mol. The fourth-order valence-electron chi connectivity index (χ4n) is 7.64. The van der Waals surface area contributed by atoms with Crippen LogP contribution in [0.1, 0.15) is 22.3 Å². The number of fused-ring (bicyclic) bond motifs is 8. The molecule has 0 fully saturated rings. The summed E-state index contributed by atoms with van der Waals surface area (Å²) in [6.07, 6.45) is 0.964. The topological polar surface area (TPSA) is 0 Å². The molecular weight excluding hydrogens is 516 g/mol. The maximum Gasteiger partial charge on any atom is -0.000717 e. The summed E-state index contributed by atoms with van der Waals surface area (Å²) >= 11 is 0. The Morgan fingerprint density at radius 1 is 0.395 bits per heavy atom. The Hall–Kier alpha value is -5.20. The van der Waals surface area contributed by atoms with Crippen molar-refractivity contribution in [1.29, 1.82) is 0 Å². The van der Waals surface area contributed by atoms with Crippen molar-refractivity contribution < 1.29 is 0 Å². The fourth-order valence-corrected chi connectivity index (χ4v) is 7.64. The summed E-state index contributed by atoms with van der Waals surface area (Å²) in [5.41, 5.74) is 13.7. The van der Waals surface area contributed by atoms with Gasteiger partial charge >= 0.3 is 0 Å². The van der Waals surface area contributed by atoms with Crippen molar-refractivity contribution in [2.75, 3.05) is 0 Å². The molecule has 0 amide bonds. The summed E-state index contributed by atoms with van der Waals surface area (Å²) in [7, 11) is 0. The molecule has 8 aromatic carbocycles. The van der Waals surface area contributed by atoms with Crippen LogP contribution in [0.3, 0.4) is 0 Å². The van der Waals surface area contributed by atoms with Crippen molar-refractivity contribution in [1.82, 2.24) is 0 Å². The fraction of sp³-hybridized carbons (Fsp3) is 0.0698. The Bertz CT molecular complexity index is 2440. The van der Waals surface area contributed by atoms with Gasteiger partial charge in [-0.1, -0.05) is 121 Å². The van der Waals surface area contributed by atoms with E-state index in [1.54, 1.807) is 0 Å². The van der Waals surface area contributed by atoms with E-state index in [0.29, 0.717) is 0 Å². The van der Waals surface area contributed by atoms with Gasteiger partial charge in [0.2, 0.25) is 0 Å². The molecule has 0 aromatic heterocycles. The van der Waals surface area contributed by atoms with Gasteiger partial charge in [0.25, 0.3) is 0 Å². The minimum absolute atomic E-state index is 0.964. The van der Waals surface area contributed by atoms with Crippen molar-refractivity contribution in [2.45, 2.75) is 20.3 Å². The van der Waals surface area contributed by atoms with Gasteiger partial charge in [-0.25, -0.2) is 0 Å². The third kappa shape index (κ3) is 3.57. The highest BCUT2D eigenvalue weighted by molar-refractivity contribution is 6.17. The molecule has 8 aromatic rings. The minimum atomic E-state index is 0.964. The minimum Gasteiger partial charge on any atom is -0.0619 e. The number of hydrogen-bond acceptors (Lipinski definition) is 0. The van der Waals surface area contributed by atoms with Gasteiger partial charge in [-0.2, -0.15) is 0 Å². The normalized spacial score (nSPS) is 12.3. The van der Waals surface area contributed by atoms with Gasteiger partial charge in [0.1, 0.15) is 0 Å². The van der Waals surface area contributed by atoms with Gasteiger partial charge < -0.3 is 0 Å². The van der Waals surface area contributed by atoms with Crippen molar-refractivity contribution >= 4 is 43.1 Å². The molecule has 0 bridgehead atoms. The average Bonchev–Trinajstić information content (AvgIpc) is 3.41. The summed E-state index contributed by atoms with van der Waals surface area (Å²) < 4.78 is 0. The van der Waals surface area contributed by atoms with E-state index in [2.05, 4.69) is 147 Å². The van der Waals surface area contributed by atoms with Crippen molar-refractivity contribution in [3.8, 4) is 33.4 Å². The summed E-state index contributed by atoms with van der Waals surface area (Å²) in [5.74, 6) is 0. The molecule has 1 aliphatic carbocycles. The quantitative estimate of drug-likeness (QED) is 0.149. The lowest BCUT2D eigenvalue weighted by Crippen LogP contribution is -1.99. The molecule has 0 saturated carbocycles. The van der Waals surface area contributed by atoms with Crippen molar-refractivity contribution in [2.24, 2.45) is 0 Å². The molecule has 0 nitrogen and oxygen atoms in total. The molecule has 1 aliphatic rings. The molecule has 43 heavy (non-hydrogen) atoms. The molecule has 0 heteroatoms. The maximum atomic E-state index is 2.43. The molecule has 0 spiro atoms. The van der Waals surface area contributed by atoms with Crippen LogP contribution in [0.15, 0.2) is 133 Å². The second-order valence-electron chi connectivity index (χ2n) is 12.1. The van der Waals surface area contributed by atoms with E-state index < -0.39 is 0 Å². The summed E-state index contributed by atoms with van der Waals surface area (Å²) in [4.78, 5) is 0. The number of rotatable bonds is 2. The predicted molar refractivity (Wildman–Crippen MR) is 185 cm³/mol. The standard InChI is InChI=1S/C43H30/c1-26-22-40-34-15-8-6-13-31(34)25-41(40)42(27(26)2)43-38(21-19-32-23-29-11-3-4-12-30(29)24-39(32)43)36-17-9-16-35-33-14-7-5-10-28(33)18-20-37(35)36/h3-24H,25H2,1-2H3. The van der Waals surface area contributed by atoms with Crippen LogP contribution in [0, 0.1) is 13.8 Å². The van der Waals surface area contributed by atoms with Gasteiger partial charge in [-0.15, -0.1) is 0 Å². The van der Waals surface area contributed by atoms with E-state index in [9.17, 15) is 0 Å². The van der Waals surface area contributed by atoms with E-state index in [1.165, 1.54) is 98.7 Å². The van der Waals surface area contributed by atoms with E-state index in [-0.39, 0.29) is 0 Å². The van der Waals surface area contributed by atoms with E-state index in [0.717, 1.165) is 6.42 Å². The lowest BCUT2D eigenvalue weighted by atomic mass is 9.81. The van der Waals surface area contributed by atoms with Crippen molar-refractivity contribution in [3.05, 3.63) is 156 Å². The van der Waals surface area contributed by atoms with Crippen LogP contribution in [0.2, 0.25) is 0 Å². The van der Waals surface area contributed by atoms with E-state index in [4.69, 9.17) is 0 Å². The second-order valence-corrected chi connectivity index (χ2v) is 12.1. The maximum absolute atomic E-state index is 2.43. The molecule has 0 saturated heterocycles. The molecule has 0 aliphatic heterocycles. The van der Waals surface area contributed by atoms with Crippen molar-refractivity contribution in [3.63, 3.8) is 0 Å². The molecular formula is C43H30. The summed E-state index contributed by atoms with van der Waals surface area (Å²) in [6.45, 7) is 4.61. The molecule has 0 unspecified atom stereocenters. The van der Waals surface area contributed by atoms with Gasteiger partial charge in [0.05, 0.1) is 0 Å². The summed E-state index contributed by atoms with van der Waals surface area (Å²) in [6, 6.07) is 49.9. The Kier molecular flexibility index (Phi) is 5.19.